The van der Waals surface area contributed by atoms with Crippen molar-refractivity contribution in [3.05, 3.63) is 88.5 Å². The molecule has 1 atom stereocenters. The van der Waals surface area contributed by atoms with Crippen molar-refractivity contribution in [1.29, 1.82) is 0 Å². The van der Waals surface area contributed by atoms with Crippen molar-refractivity contribution in [3.8, 4) is 18.0 Å². The number of carbonyl (C=O) groups is 1. The van der Waals surface area contributed by atoms with Crippen LogP contribution in [0.1, 0.15) is 34.7 Å². The molecule has 0 saturated heterocycles. The highest BCUT2D eigenvalue weighted by Gasteiger charge is 2.24. The fraction of sp³-hybridized carbons (Fsp3) is 0.0870. The fourth-order valence-corrected chi connectivity index (χ4v) is 3.80. The third kappa shape index (κ3) is 3.19. The first-order valence-electron chi connectivity index (χ1n) is 10.0. The van der Waals surface area contributed by atoms with E-state index >= 15 is 0 Å². The SMILES string of the molecule is C#Cc1cnc2cc([C@@H](C)NC(=O)c3c(N)nn4cccnc34)n(-c3ccccc3)c(=O)n12. The quantitative estimate of drug-likeness (QED) is 0.411. The van der Waals surface area contributed by atoms with Gasteiger partial charge in [0.1, 0.15) is 16.9 Å². The van der Waals surface area contributed by atoms with Crippen molar-refractivity contribution in [2.45, 2.75) is 13.0 Å². The molecule has 1 amide bonds. The maximum atomic E-state index is 13.5. The van der Waals surface area contributed by atoms with Crippen LogP contribution in [0.15, 0.2) is 65.8 Å². The van der Waals surface area contributed by atoms with E-state index in [2.05, 4.69) is 26.3 Å². The molecule has 10 nitrogen and oxygen atoms in total. The van der Waals surface area contributed by atoms with Crippen LogP contribution in [0, 0.1) is 12.3 Å². The molecule has 10 heteroatoms. The second-order valence-corrected chi connectivity index (χ2v) is 7.35. The highest BCUT2D eigenvalue weighted by molar-refractivity contribution is 6.04. The van der Waals surface area contributed by atoms with E-state index in [4.69, 9.17) is 12.2 Å². The monoisotopic (exact) mass is 438 g/mol. The summed E-state index contributed by atoms with van der Waals surface area (Å²) >= 11 is 0. The van der Waals surface area contributed by atoms with Gasteiger partial charge in [-0.2, -0.15) is 0 Å². The number of amides is 1. The molecule has 0 bridgehead atoms. The van der Waals surface area contributed by atoms with Crippen molar-refractivity contribution in [2.75, 3.05) is 5.73 Å². The number of aromatic nitrogens is 6. The van der Waals surface area contributed by atoms with Crippen LogP contribution in [0.4, 0.5) is 5.82 Å². The normalized spacial score (nSPS) is 12.0. The van der Waals surface area contributed by atoms with Gasteiger partial charge in [-0.05, 0) is 31.0 Å². The highest BCUT2D eigenvalue weighted by atomic mass is 16.2. The number of hydrogen-bond acceptors (Lipinski definition) is 6. The fourth-order valence-electron chi connectivity index (χ4n) is 3.80. The van der Waals surface area contributed by atoms with E-state index in [1.54, 1.807) is 43.6 Å². The Morgan fingerprint density at radius 1 is 1.21 bits per heavy atom. The van der Waals surface area contributed by atoms with E-state index in [0.717, 1.165) is 0 Å². The summed E-state index contributed by atoms with van der Waals surface area (Å²) in [5.41, 5.74) is 7.95. The van der Waals surface area contributed by atoms with Gasteiger partial charge < -0.3 is 11.1 Å². The van der Waals surface area contributed by atoms with Gasteiger partial charge in [0.2, 0.25) is 0 Å². The van der Waals surface area contributed by atoms with Crippen molar-refractivity contribution < 1.29 is 4.79 Å². The van der Waals surface area contributed by atoms with Crippen molar-refractivity contribution >= 4 is 23.0 Å². The van der Waals surface area contributed by atoms with Gasteiger partial charge in [0.05, 0.1) is 23.6 Å². The first-order chi connectivity index (χ1) is 16.0. The summed E-state index contributed by atoms with van der Waals surface area (Å²) in [7, 11) is 0. The Kier molecular flexibility index (Phi) is 4.64. The summed E-state index contributed by atoms with van der Waals surface area (Å²) < 4.78 is 4.29. The average molecular weight is 438 g/mol. The topological polar surface area (TPSA) is 125 Å². The minimum Gasteiger partial charge on any atom is -0.381 e. The largest absolute Gasteiger partial charge is 0.381 e. The van der Waals surface area contributed by atoms with Gasteiger partial charge >= 0.3 is 5.69 Å². The van der Waals surface area contributed by atoms with Gasteiger partial charge in [0.25, 0.3) is 5.91 Å². The predicted molar refractivity (Wildman–Crippen MR) is 122 cm³/mol. The molecular weight excluding hydrogens is 420 g/mol. The molecule has 5 rings (SSSR count). The summed E-state index contributed by atoms with van der Waals surface area (Å²) in [5.74, 6) is 2.07. The van der Waals surface area contributed by atoms with Gasteiger partial charge in [-0.25, -0.2) is 23.7 Å². The van der Waals surface area contributed by atoms with Gasteiger partial charge in [-0.3, -0.25) is 9.36 Å². The number of anilines is 1. The summed E-state index contributed by atoms with van der Waals surface area (Å²) in [4.78, 5) is 35.1. The van der Waals surface area contributed by atoms with E-state index in [0.29, 0.717) is 28.4 Å². The van der Waals surface area contributed by atoms with Gasteiger partial charge in [0, 0.05) is 18.5 Å². The second kappa shape index (κ2) is 7.65. The van der Waals surface area contributed by atoms with Crippen LogP contribution in [0.5, 0.6) is 0 Å². The molecule has 33 heavy (non-hydrogen) atoms. The van der Waals surface area contributed by atoms with E-state index in [1.807, 2.05) is 18.2 Å². The molecule has 0 saturated carbocycles. The summed E-state index contributed by atoms with van der Waals surface area (Å²) in [6.07, 6.45) is 10.2. The standard InChI is InChI=1S/C23H18N8O2/c1-3-15-13-26-18-12-17(30(23(33)31(15)18)16-8-5-4-6-9-16)14(2)27-22(32)19-20(24)28-29-11-7-10-25-21(19)29/h1,4-14H,2H3,(H2,24,28)(H,27,32)/t14-/m1/s1. The molecule has 0 spiro atoms. The number of nitrogens with one attached hydrogen (secondary N) is 1. The van der Waals surface area contributed by atoms with Crippen molar-refractivity contribution in [2.24, 2.45) is 0 Å². The number of rotatable bonds is 4. The average Bonchev–Trinajstić information content (AvgIpc) is 3.39. The Labute approximate surface area is 187 Å². The van der Waals surface area contributed by atoms with E-state index in [1.165, 1.54) is 19.7 Å². The van der Waals surface area contributed by atoms with Crippen LogP contribution in [0.25, 0.3) is 17.0 Å². The highest BCUT2D eigenvalue weighted by Crippen LogP contribution is 2.21. The molecule has 0 radical (unpaired) electrons. The number of benzene rings is 1. The number of nitrogen functional groups attached to an aromatic ring is 1. The lowest BCUT2D eigenvalue weighted by Crippen LogP contribution is -2.34. The number of carbonyl (C=O) groups excluding carboxylic acids is 1. The van der Waals surface area contributed by atoms with Gasteiger partial charge in [-0.1, -0.05) is 18.2 Å². The third-order valence-corrected chi connectivity index (χ3v) is 5.31. The molecule has 4 aromatic heterocycles. The number of nitrogens with zero attached hydrogens (tertiary/aromatic N) is 6. The zero-order valence-electron chi connectivity index (χ0n) is 17.5. The molecule has 0 aliphatic rings. The van der Waals surface area contributed by atoms with Crippen molar-refractivity contribution in [3.63, 3.8) is 0 Å². The minimum absolute atomic E-state index is 0.0567. The molecule has 1 aromatic carbocycles. The lowest BCUT2D eigenvalue weighted by Gasteiger charge is -2.20. The number of imidazole rings is 1. The molecule has 0 aliphatic heterocycles. The Bertz CT molecular complexity index is 1620. The smallest absolute Gasteiger partial charge is 0.339 e. The van der Waals surface area contributed by atoms with Crippen LogP contribution >= 0.6 is 0 Å². The van der Waals surface area contributed by atoms with E-state index < -0.39 is 17.6 Å². The molecule has 3 N–H and O–H groups in total. The van der Waals surface area contributed by atoms with Gasteiger partial charge in [-0.15, -0.1) is 11.5 Å². The molecule has 5 aromatic rings. The van der Waals surface area contributed by atoms with E-state index in [-0.39, 0.29) is 11.4 Å². The maximum absolute atomic E-state index is 13.5. The molecular formula is C23H18N8O2. The number of terminal acetylenes is 1. The van der Waals surface area contributed by atoms with Crippen LogP contribution < -0.4 is 16.7 Å². The van der Waals surface area contributed by atoms with Crippen LogP contribution in [-0.4, -0.2) is 34.5 Å². The van der Waals surface area contributed by atoms with Crippen molar-refractivity contribution in [1.82, 2.24) is 33.9 Å². The number of fused-ring (bicyclic) bond motifs is 2. The zero-order valence-corrected chi connectivity index (χ0v) is 17.5. The Morgan fingerprint density at radius 2 is 2.00 bits per heavy atom. The number of hydrogen-bond donors (Lipinski definition) is 2. The third-order valence-electron chi connectivity index (χ3n) is 5.31. The first-order valence-corrected chi connectivity index (χ1v) is 10.0. The minimum atomic E-state index is -0.598. The summed E-state index contributed by atoms with van der Waals surface area (Å²) in [6.45, 7) is 1.77. The predicted octanol–water partition coefficient (Wildman–Crippen LogP) is 1.58. The van der Waals surface area contributed by atoms with Gasteiger partial charge in [0.15, 0.2) is 11.5 Å². The summed E-state index contributed by atoms with van der Waals surface area (Å²) in [5, 5.41) is 7.04. The zero-order chi connectivity index (χ0) is 23.1. The Balaban J connectivity index is 1.63. The number of para-hydroxylation sites is 1. The summed E-state index contributed by atoms with van der Waals surface area (Å²) in [6, 6.07) is 11.9. The Morgan fingerprint density at radius 3 is 2.76 bits per heavy atom. The maximum Gasteiger partial charge on any atom is 0.339 e. The lowest BCUT2D eigenvalue weighted by atomic mass is 10.1. The molecule has 0 aliphatic carbocycles. The van der Waals surface area contributed by atoms with Crippen LogP contribution in [-0.2, 0) is 0 Å². The Hall–Kier alpha value is -4.91. The molecule has 162 valence electrons. The first kappa shape index (κ1) is 20.0. The molecule has 4 heterocycles. The molecule has 0 fully saturated rings. The molecule has 0 unspecified atom stereocenters. The van der Waals surface area contributed by atoms with E-state index in [9.17, 15) is 9.59 Å². The van der Waals surface area contributed by atoms with Crippen LogP contribution in [0.3, 0.4) is 0 Å². The number of nitrogens with two attached hydrogens (primary N) is 1. The van der Waals surface area contributed by atoms with Crippen LogP contribution in [0.2, 0.25) is 0 Å². The second-order valence-electron chi connectivity index (χ2n) is 7.35. The lowest BCUT2D eigenvalue weighted by molar-refractivity contribution is 0.0941.